The zero-order valence-corrected chi connectivity index (χ0v) is 12.5. The van der Waals surface area contributed by atoms with Gasteiger partial charge in [0, 0.05) is 0 Å². The summed E-state index contributed by atoms with van der Waals surface area (Å²) in [4.78, 5) is 16.4. The van der Waals surface area contributed by atoms with Gasteiger partial charge >= 0.3 is 0 Å². The Morgan fingerprint density at radius 3 is 2.83 bits per heavy atom. The third-order valence-electron chi connectivity index (χ3n) is 3.52. The van der Waals surface area contributed by atoms with Gasteiger partial charge in [-0.25, -0.2) is 9.67 Å². The smallest absolute Gasteiger partial charge is 0.295 e. The van der Waals surface area contributed by atoms with Gasteiger partial charge in [0.15, 0.2) is 0 Å². The van der Waals surface area contributed by atoms with E-state index in [9.17, 15) is 4.79 Å². The van der Waals surface area contributed by atoms with Crippen molar-refractivity contribution >= 4 is 22.6 Å². The van der Waals surface area contributed by atoms with Crippen LogP contribution in [0.4, 0.5) is 5.69 Å². The minimum atomic E-state index is -0.391. The number of aromatic amines is 1. The molecule has 8 nitrogen and oxygen atoms in total. The molecular formula is C16H13N7O. The lowest BCUT2D eigenvalue weighted by molar-refractivity contribution is 0.101. The first-order valence-electron chi connectivity index (χ1n) is 7.34. The summed E-state index contributed by atoms with van der Waals surface area (Å²) in [7, 11) is 0. The Labute approximate surface area is 136 Å². The highest BCUT2D eigenvalue weighted by atomic mass is 16.2. The number of fused-ring (bicyclic) bond motifs is 1. The highest BCUT2D eigenvalue weighted by Gasteiger charge is 2.14. The van der Waals surface area contributed by atoms with Crippen LogP contribution in [0.2, 0.25) is 0 Å². The Bertz CT molecular complexity index is 990. The molecule has 8 heteroatoms. The summed E-state index contributed by atoms with van der Waals surface area (Å²) in [5, 5.41) is 17.5. The first-order chi connectivity index (χ1) is 11.8. The van der Waals surface area contributed by atoms with Crippen molar-refractivity contribution in [2.75, 3.05) is 5.32 Å². The summed E-state index contributed by atoms with van der Waals surface area (Å²) in [5.41, 5.74) is 2.91. The molecule has 2 aromatic carbocycles. The number of amides is 1. The number of H-pyrrole nitrogens is 1. The lowest BCUT2D eigenvalue weighted by atomic mass is 10.2. The molecule has 2 heterocycles. The molecule has 0 fully saturated rings. The molecule has 0 atom stereocenters. The van der Waals surface area contributed by atoms with Gasteiger partial charge in [-0.05, 0) is 17.7 Å². The molecule has 118 valence electrons. The molecule has 1 amide bonds. The summed E-state index contributed by atoms with van der Waals surface area (Å²) >= 11 is 0. The molecule has 24 heavy (non-hydrogen) atoms. The van der Waals surface area contributed by atoms with E-state index < -0.39 is 5.91 Å². The molecule has 0 aliphatic rings. The van der Waals surface area contributed by atoms with Gasteiger partial charge in [0.05, 0.1) is 12.2 Å². The van der Waals surface area contributed by atoms with Crippen molar-refractivity contribution in [3.8, 4) is 0 Å². The van der Waals surface area contributed by atoms with E-state index >= 15 is 0 Å². The third kappa shape index (κ3) is 2.72. The van der Waals surface area contributed by atoms with Crippen LogP contribution in [0.1, 0.15) is 16.2 Å². The Kier molecular flexibility index (Phi) is 3.47. The molecule has 0 aliphatic carbocycles. The van der Waals surface area contributed by atoms with Gasteiger partial charge in [-0.15, -0.1) is 5.10 Å². The van der Waals surface area contributed by atoms with Crippen LogP contribution in [0, 0.1) is 0 Å². The van der Waals surface area contributed by atoms with E-state index in [-0.39, 0.29) is 5.82 Å². The summed E-state index contributed by atoms with van der Waals surface area (Å²) in [6.07, 6.45) is 1.54. The Morgan fingerprint density at radius 1 is 1.08 bits per heavy atom. The van der Waals surface area contributed by atoms with Gasteiger partial charge in [0.2, 0.25) is 5.82 Å². The van der Waals surface area contributed by atoms with Crippen molar-refractivity contribution in [3.63, 3.8) is 0 Å². The molecule has 4 aromatic rings. The fourth-order valence-corrected chi connectivity index (χ4v) is 2.39. The Hall–Kier alpha value is -3.55. The third-order valence-corrected chi connectivity index (χ3v) is 3.52. The van der Waals surface area contributed by atoms with Crippen molar-refractivity contribution in [1.29, 1.82) is 0 Å². The second kappa shape index (κ2) is 5.92. The van der Waals surface area contributed by atoms with Crippen LogP contribution >= 0.6 is 0 Å². The number of aromatic nitrogens is 6. The molecule has 2 aromatic heterocycles. The van der Waals surface area contributed by atoms with Gasteiger partial charge in [0.1, 0.15) is 17.4 Å². The van der Waals surface area contributed by atoms with Crippen LogP contribution in [-0.2, 0) is 6.54 Å². The summed E-state index contributed by atoms with van der Waals surface area (Å²) in [6, 6.07) is 15.2. The second-order valence-corrected chi connectivity index (χ2v) is 5.20. The SMILES string of the molecule is O=C(Nc1cccc2n[nH]nc12)c1ncn(Cc2ccccc2)n1. The topological polar surface area (TPSA) is 101 Å². The molecule has 0 saturated carbocycles. The molecule has 2 N–H and O–H groups in total. The van der Waals surface area contributed by atoms with Gasteiger partial charge in [-0.2, -0.15) is 15.4 Å². The minimum absolute atomic E-state index is 0.103. The average Bonchev–Trinajstić information content (AvgIpc) is 3.25. The van der Waals surface area contributed by atoms with E-state index in [0.29, 0.717) is 23.3 Å². The highest BCUT2D eigenvalue weighted by Crippen LogP contribution is 2.19. The molecule has 0 radical (unpaired) electrons. The number of para-hydroxylation sites is 1. The maximum atomic E-state index is 12.3. The van der Waals surface area contributed by atoms with E-state index in [0.717, 1.165) is 5.56 Å². The zero-order chi connectivity index (χ0) is 16.4. The summed E-state index contributed by atoms with van der Waals surface area (Å²) in [5.74, 6) is -0.288. The van der Waals surface area contributed by atoms with Crippen molar-refractivity contribution in [2.24, 2.45) is 0 Å². The van der Waals surface area contributed by atoms with Crippen LogP contribution in [0.5, 0.6) is 0 Å². The maximum absolute atomic E-state index is 12.3. The van der Waals surface area contributed by atoms with Gasteiger partial charge in [0.25, 0.3) is 5.91 Å². The van der Waals surface area contributed by atoms with Gasteiger partial charge in [-0.3, -0.25) is 4.79 Å². The lowest BCUT2D eigenvalue weighted by Crippen LogP contribution is -2.15. The molecule has 0 unspecified atom stereocenters. The van der Waals surface area contributed by atoms with E-state index in [4.69, 9.17) is 0 Å². The number of nitrogens with zero attached hydrogens (tertiary/aromatic N) is 5. The summed E-state index contributed by atoms with van der Waals surface area (Å²) < 4.78 is 1.63. The van der Waals surface area contributed by atoms with E-state index in [1.807, 2.05) is 30.3 Å². The number of rotatable bonds is 4. The number of hydrogen-bond donors (Lipinski definition) is 2. The van der Waals surface area contributed by atoms with Crippen LogP contribution in [0.3, 0.4) is 0 Å². The molecule has 0 bridgehead atoms. The Morgan fingerprint density at radius 2 is 1.96 bits per heavy atom. The van der Waals surface area contributed by atoms with Crippen molar-refractivity contribution in [3.05, 3.63) is 66.2 Å². The Balaban J connectivity index is 1.52. The van der Waals surface area contributed by atoms with Crippen molar-refractivity contribution < 1.29 is 4.79 Å². The van der Waals surface area contributed by atoms with E-state index in [1.165, 1.54) is 0 Å². The fourth-order valence-electron chi connectivity index (χ4n) is 2.39. The predicted octanol–water partition coefficient (Wildman–Crippen LogP) is 1.85. The minimum Gasteiger partial charge on any atom is -0.317 e. The van der Waals surface area contributed by atoms with E-state index in [1.54, 1.807) is 29.2 Å². The molecule has 4 rings (SSSR count). The van der Waals surface area contributed by atoms with E-state index in [2.05, 4.69) is 30.8 Å². The largest absolute Gasteiger partial charge is 0.317 e. The second-order valence-electron chi connectivity index (χ2n) is 5.20. The molecule has 0 aliphatic heterocycles. The van der Waals surface area contributed by atoms with Crippen LogP contribution in [0.25, 0.3) is 11.0 Å². The monoisotopic (exact) mass is 319 g/mol. The van der Waals surface area contributed by atoms with Crippen molar-refractivity contribution in [2.45, 2.75) is 6.54 Å². The highest BCUT2D eigenvalue weighted by molar-refractivity contribution is 6.05. The maximum Gasteiger partial charge on any atom is 0.295 e. The summed E-state index contributed by atoms with van der Waals surface area (Å²) in [6.45, 7) is 0.556. The number of carbonyl (C=O) groups is 1. The lowest BCUT2D eigenvalue weighted by Gasteiger charge is -2.02. The normalized spacial score (nSPS) is 10.8. The average molecular weight is 319 g/mol. The number of benzene rings is 2. The van der Waals surface area contributed by atoms with Gasteiger partial charge < -0.3 is 5.32 Å². The molecule has 0 spiro atoms. The predicted molar refractivity (Wildman–Crippen MR) is 87.4 cm³/mol. The first-order valence-corrected chi connectivity index (χ1v) is 7.34. The van der Waals surface area contributed by atoms with Crippen LogP contribution in [-0.4, -0.2) is 36.1 Å². The number of anilines is 1. The number of hydrogen-bond acceptors (Lipinski definition) is 5. The van der Waals surface area contributed by atoms with Crippen molar-refractivity contribution in [1.82, 2.24) is 30.2 Å². The molecular weight excluding hydrogens is 306 g/mol. The van der Waals surface area contributed by atoms with Crippen LogP contribution < -0.4 is 5.32 Å². The number of nitrogens with one attached hydrogen (secondary N) is 2. The zero-order valence-electron chi connectivity index (χ0n) is 12.5. The van der Waals surface area contributed by atoms with Gasteiger partial charge in [-0.1, -0.05) is 36.4 Å². The first kappa shape index (κ1) is 14.1. The molecule has 0 saturated heterocycles. The number of carbonyl (C=O) groups excluding carboxylic acids is 1. The standard InChI is InChI=1S/C16H13N7O/c24-16(18-12-7-4-8-13-14(12)20-22-19-13)15-17-10-23(21-15)9-11-5-2-1-3-6-11/h1-8,10H,9H2,(H,18,24)(H,19,20,22). The van der Waals surface area contributed by atoms with Crippen LogP contribution in [0.15, 0.2) is 54.9 Å². The fraction of sp³-hybridized carbons (Fsp3) is 0.0625. The quantitative estimate of drug-likeness (QED) is 0.598.